The summed E-state index contributed by atoms with van der Waals surface area (Å²) in [6.07, 6.45) is 5.55. The largest absolute Gasteiger partial charge is 0.481 e. The molecule has 0 aliphatic rings. The summed E-state index contributed by atoms with van der Waals surface area (Å²) >= 11 is 1.79. The number of hydrogen-bond donors (Lipinski definition) is 3. The molecule has 18 heavy (non-hydrogen) atoms. The molecule has 0 bridgehead atoms. The highest BCUT2D eigenvalue weighted by atomic mass is 32.2. The van der Waals surface area contributed by atoms with Crippen LogP contribution in [0.3, 0.4) is 0 Å². The van der Waals surface area contributed by atoms with Crippen LogP contribution in [0.5, 0.6) is 0 Å². The number of unbranched alkanes of at least 4 members (excludes halogenated alkanes) is 2. The minimum Gasteiger partial charge on any atom is -0.481 e. The van der Waals surface area contributed by atoms with E-state index in [9.17, 15) is 9.59 Å². The van der Waals surface area contributed by atoms with Crippen molar-refractivity contribution in [2.45, 2.75) is 44.3 Å². The van der Waals surface area contributed by atoms with Crippen LogP contribution < -0.4 is 10.6 Å². The topological polar surface area (TPSA) is 78.4 Å². The number of thioether (sulfide) groups is 1. The number of rotatable bonds is 10. The molecule has 0 aliphatic heterocycles. The van der Waals surface area contributed by atoms with Crippen molar-refractivity contribution in [2.75, 3.05) is 19.3 Å². The van der Waals surface area contributed by atoms with Gasteiger partial charge in [-0.15, -0.1) is 0 Å². The molecule has 3 N–H and O–H groups in total. The third-order valence-corrected chi connectivity index (χ3v) is 3.63. The molecule has 0 heterocycles. The predicted octanol–water partition coefficient (Wildman–Crippen LogP) is 2.07. The average molecular weight is 276 g/mol. The summed E-state index contributed by atoms with van der Waals surface area (Å²) in [5.41, 5.74) is 0. The maximum absolute atomic E-state index is 11.3. The fourth-order valence-electron chi connectivity index (χ4n) is 1.35. The van der Waals surface area contributed by atoms with Crippen molar-refractivity contribution in [3.8, 4) is 0 Å². The van der Waals surface area contributed by atoms with E-state index in [1.165, 1.54) is 0 Å². The molecule has 0 fully saturated rings. The van der Waals surface area contributed by atoms with Gasteiger partial charge in [-0.3, -0.25) is 4.79 Å². The van der Waals surface area contributed by atoms with E-state index >= 15 is 0 Å². The molecule has 106 valence electrons. The van der Waals surface area contributed by atoms with Gasteiger partial charge in [-0.1, -0.05) is 13.3 Å². The van der Waals surface area contributed by atoms with E-state index in [4.69, 9.17) is 5.11 Å². The summed E-state index contributed by atoms with van der Waals surface area (Å²) in [5, 5.41) is 14.6. The van der Waals surface area contributed by atoms with E-state index in [1.807, 2.05) is 0 Å². The molecule has 1 atom stereocenters. The molecular formula is C12H24N2O3S. The van der Waals surface area contributed by atoms with Crippen LogP contribution >= 0.6 is 11.8 Å². The smallest absolute Gasteiger partial charge is 0.314 e. The van der Waals surface area contributed by atoms with Crippen LogP contribution in [-0.4, -0.2) is 41.7 Å². The van der Waals surface area contributed by atoms with E-state index in [1.54, 1.807) is 11.8 Å². The van der Waals surface area contributed by atoms with E-state index in [2.05, 4.69) is 23.8 Å². The van der Waals surface area contributed by atoms with E-state index in [0.29, 0.717) is 24.8 Å². The zero-order chi connectivity index (χ0) is 13.8. The van der Waals surface area contributed by atoms with Gasteiger partial charge in [-0.25, -0.2) is 4.79 Å². The molecule has 0 aromatic carbocycles. The normalized spacial score (nSPS) is 11.9. The number of carbonyl (C=O) groups is 2. The second-order valence-electron chi connectivity index (χ2n) is 4.22. The first-order chi connectivity index (χ1) is 8.56. The first kappa shape index (κ1) is 17.1. The minimum absolute atomic E-state index is 0.137. The van der Waals surface area contributed by atoms with E-state index in [-0.39, 0.29) is 12.5 Å². The quantitative estimate of drug-likeness (QED) is 0.534. The van der Waals surface area contributed by atoms with Crippen molar-refractivity contribution < 1.29 is 14.7 Å². The van der Waals surface area contributed by atoms with Gasteiger partial charge in [-0.2, -0.15) is 11.8 Å². The fraction of sp³-hybridized carbons (Fsp3) is 0.833. The Hall–Kier alpha value is -0.910. The van der Waals surface area contributed by atoms with Gasteiger partial charge >= 0.3 is 12.0 Å². The lowest BCUT2D eigenvalue weighted by atomic mass is 10.2. The van der Waals surface area contributed by atoms with Gasteiger partial charge in [0.25, 0.3) is 0 Å². The summed E-state index contributed by atoms with van der Waals surface area (Å²) in [5.74, 6) is -0.761. The Labute approximate surface area is 113 Å². The standard InChI is InChI=1S/C12H24N2O3S/c1-10(18-2)7-9-14-12(17)13-8-5-3-4-6-11(15)16/h10H,3-9H2,1-2H3,(H,15,16)(H2,13,14,17). The molecular weight excluding hydrogens is 252 g/mol. The lowest BCUT2D eigenvalue weighted by molar-refractivity contribution is -0.137. The van der Waals surface area contributed by atoms with Crippen LogP contribution in [0.1, 0.15) is 39.0 Å². The predicted molar refractivity (Wildman–Crippen MR) is 75.1 cm³/mol. The first-order valence-electron chi connectivity index (χ1n) is 6.32. The molecule has 0 aromatic heterocycles. The van der Waals surface area contributed by atoms with Crippen molar-refractivity contribution in [3.63, 3.8) is 0 Å². The Balaban J connectivity index is 3.29. The fourth-order valence-corrected chi connectivity index (χ4v) is 1.70. The molecule has 2 amide bonds. The molecule has 0 saturated carbocycles. The van der Waals surface area contributed by atoms with Crippen LogP contribution in [-0.2, 0) is 4.79 Å². The van der Waals surface area contributed by atoms with Crippen LogP contribution in [0.15, 0.2) is 0 Å². The summed E-state index contributed by atoms with van der Waals surface area (Å²) in [7, 11) is 0. The minimum atomic E-state index is -0.761. The van der Waals surface area contributed by atoms with Gasteiger partial charge in [0.05, 0.1) is 0 Å². The summed E-state index contributed by atoms with van der Waals surface area (Å²) in [6.45, 7) is 3.42. The van der Waals surface area contributed by atoms with Gasteiger partial charge in [0.15, 0.2) is 0 Å². The van der Waals surface area contributed by atoms with Crippen LogP contribution in [0.4, 0.5) is 4.79 Å². The Bertz CT molecular complexity index is 249. The maximum Gasteiger partial charge on any atom is 0.314 e. The second-order valence-corrected chi connectivity index (χ2v) is 5.50. The lowest BCUT2D eigenvalue weighted by Crippen LogP contribution is -2.37. The van der Waals surface area contributed by atoms with Crippen molar-refractivity contribution in [1.29, 1.82) is 0 Å². The van der Waals surface area contributed by atoms with Gasteiger partial charge in [-0.05, 0) is 25.5 Å². The summed E-state index contributed by atoms with van der Waals surface area (Å²) < 4.78 is 0. The van der Waals surface area contributed by atoms with Crippen molar-refractivity contribution in [1.82, 2.24) is 10.6 Å². The third kappa shape index (κ3) is 11.6. The molecule has 0 aliphatic carbocycles. The zero-order valence-electron chi connectivity index (χ0n) is 11.2. The van der Waals surface area contributed by atoms with Crippen molar-refractivity contribution in [2.24, 2.45) is 0 Å². The van der Waals surface area contributed by atoms with Crippen molar-refractivity contribution >= 4 is 23.8 Å². The number of carbonyl (C=O) groups excluding carboxylic acids is 1. The number of aliphatic carboxylic acids is 1. The van der Waals surface area contributed by atoms with Crippen LogP contribution in [0.2, 0.25) is 0 Å². The number of urea groups is 1. The number of nitrogens with one attached hydrogen (secondary N) is 2. The number of carboxylic acids is 1. The molecule has 0 aromatic rings. The third-order valence-electron chi connectivity index (χ3n) is 2.59. The lowest BCUT2D eigenvalue weighted by Gasteiger charge is -2.10. The average Bonchev–Trinajstić information content (AvgIpc) is 2.33. The number of carboxylic acid groups (broad SMARTS) is 1. The van der Waals surface area contributed by atoms with Gasteiger partial charge in [0.1, 0.15) is 0 Å². The first-order valence-corrected chi connectivity index (χ1v) is 7.61. The monoisotopic (exact) mass is 276 g/mol. The second kappa shape index (κ2) is 11.2. The SMILES string of the molecule is CSC(C)CCNC(=O)NCCCCCC(=O)O. The molecule has 0 saturated heterocycles. The molecule has 6 heteroatoms. The highest BCUT2D eigenvalue weighted by Gasteiger charge is 2.02. The molecule has 0 radical (unpaired) electrons. The zero-order valence-corrected chi connectivity index (χ0v) is 12.0. The Morgan fingerprint density at radius 2 is 1.83 bits per heavy atom. The van der Waals surface area contributed by atoms with Gasteiger partial charge < -0.3 is 15.7 Å². The Kier molecular flexibility index (Phi) is 10.6. The van der Waals surface area contributed by atoms with Crippen LogP contribution in [0.25, 0.3) is 0 Å². The Morgan fingerprint density at radius 3 is 2.44 bits per heavy atom. The summed E-state index contributed by atoms with van der Waals surface area (Å²) in [4.78, 5) is 21.6. The van der Waals surface area contributed by atoms with Gasteiger partial charge in [0, 0.05) is 24.8 Å². The Morgan fingerprint density at radius 1 is 1.17 bits per heavy atom. The van der Waals surface area contributed by atoms with Crippen LogP contribution in [0, 0.1) is 0 Å². The highest BCUT2D eigenvalue weighted by Crippen LogP contribution is 2.07. The molecule has 0 rings (SSSR count). The summed E-state index contributed by atoms with van der Waals surface area (Å²) in [6, 6.07) is -0.137. The molecule has 5 nitrogen and oxygen atoms in total. The van der Waals surface area contributed by atoms with Crippen molar-refractivity contribution in [3.05, 3.63) is 0 Å². The molecule has 1 unspecified atom stereocenters. The number of hydrogen-bond acceptors (Lipinski definition) is 3. The molecule has 0 spiro atoms. The maximum atomic E-state index is 11.3. The highest BCUT2D eigenvalue weighted by molar-refractivity contribution is 7.99. The van der Waals surface area contributed by atoms with E-state index in [0.717, 1.165) is 19.3 Å². The number of amides is 2. The van der Waals surface area contributed by atoms with Gasteiger partial charge in [0.2, 0.25) is 0 Å². The van der Waals surface area contributed by atoms with E-state index < -0.39 is 5.97 Å².